The van der Waals surface area contributed by atoms with E-state index in [1.54, 1.807) is 0 Å². The molecular weight excluding hydrogens is 237 g/mol. The fourth-order valence-electron chi connectivity index (χ4n) is 3.02. The second kappa shape index (κ2) is 5.33. The molecule has 0 nitrogen and oxygen atoms in total. The third kappa shape index (κ3) is 2.70. The van der Waals surface area contributed by atoms with Crippen molar-refractivity contribution in [2.75, 3.05) is 0 Å². The summed E-state index contributed by atoms with van der Waals surface area (Å²) in [6.45, 7) is 4.37. The third-order valence-corrected chi connectivity index (χ3v) is 4.17. The predicted octanol–water partition coefficient (Wildman–Crippen LogP) is 5.03. The van der Waals surface area contributed by atoms with Gasteiger partial charge in [-0.15, -0.1) is 0 Å². The van der Waals surface area contributed by atoms with E-state index in [-0.39, 0.29) is 11.5 Å². The van der Waals surface area contributed by atoms with Crippen LogP contribution in [0.25, 0.3) is 0 Å². The quantitative estimate of drug-likeness (QED) is 0.696. The molecule has 0 aliphatic heterocycles. The van der Waals surface area contributed by atoms with Crippen molar-refractivity contribution in [2.24, 2.45) is 11.8 Å². The minimum atomic E-state index is -0.843. The first kappa shape index (κ1) is 13.4. The SMILES string of the molecule is CC(C)C1CCC(c2c(F)cc(F)cc2F)CC1. The molecule has 0 saturated heterocycles. The van der Waals surface area contributed by atoms with E-state index in [0.29, 0.717) is 11.8 Å². The highest BCUT2D eigenvalue weighted by atomic mass is 19.1. The van der Waals surface area contributed by atoms with Gasteiger partial charge >= 0.3 is 0 Å². The van der Waals surface area contributed by atoms with Crippen LogP contribution in [0.15, 0.2) is 12.1 Å². The largest absolute Gasteiger partial charge is 0.207 e. The smallest absolute Gasteiger partial charge is 0.132 e. The van der Waals surface area contributed by atoms with Crippen LogP contribution < -0.4 is 0 Å². The molecule has 1 aliphatic rings. The van der Waals surface area contributed by atoms with Crippen molar-refractivity contribution < 1.29 is 13.2 Å². The molecule has 1 aromatic rings. The molecule has 0 N–H and O–H groups in total. The molecule has 0 atom stereocenters. The van der Waals surface area contributed by atoms with Crippen LogP contribution in [0.2, 0.25) is 0 Å². The maximum atomic E-state index is 13.7. The van der Waals surface area contributed by atoms with Crippen molar-refractivity contribution in [3.8, 4) is 0 Å². The molecule has 0 unspecified atom stereocenters. The van der Waals surface area contributed by atoms with Crippen molar-refractivity contribution in [2.45, 2.75) is 45.4 Å². The van der Waals surface area contributed by atoms with Gasteiger partial charge in [0.1, 0.15) is 17.5 Å². The summed E-state index contributed by atoms with van der Waals surface area (Å²) in [5, 5.41) is 0. The van der Waals surface area contributed by atoms with Gasteiger partial charge in [-0.1, -0.05) is 13.8 Å². The van der Waals surface area contributed by atoms with Crippen molar-refractivity contribution in [1.82, 2.24) is 0 Å². The molecule has 1 fully saturated rings. The van der Waals surface area contributed by atoms with E-state index < -0.39 is 17.5 Å². The lowest BCUT2D eigenvalue weighted by Gasteiger charge is -2.31. The number of halogens is 3. The second-order valence-electron chi connectivity index (χ2n) is 5.64. The average Bonchev–Trinajstić information content (AvgIpc) is 2.28. The van der Waals surface area contributed by atoms with E-state index in [0.717, 1.165) is 37.8 Å². The summed E-state index contributed by atoms with van der Waals surface area (Å²) in [5.41, 5.74) is 0.0820. The van der Waals surface area contributed by atoms with Crippen molar-refractivity contribution in [3.63, 3.8) is 0 Å². The Bertz CT molecular complexity index is 395. The summed E-state index contributed by atoms with van der Waals surface area (Å²) in [6.07, 6.45) is 3.59. The van der Waals surface area contributed by atoms with E-state index in [9.17, 15) is 13.2 Å². The zero-order valence-corrected chi connectivity index (χ0v) is 10.8. The van der Waals surface area contributed by atoms with Crippen LogP contribution in [0.5, 0.6) is 0 Å². The lowest BCUT2D eigenvalue weighted by Crippen LogP contribution is -2.19. The van der Waals surface area contributed by atoms with Gasteiger partial charge in [0.15, 0.2) is 0 Å². The molecular formula is C15H19F3. The van der Waals surface area contributed by atoms with E-state index >= 15 is 0 Å². The Morgan fingerprint density at radius 3 is 1.89 bits per heavy atom. The monoisotopic (exact) mass is 256 g/mol. The zero-order valence-electron chi connectivity index (χ0n) is 10.8. The summed E-state index contributed by atoms with van der Waals surface area (Å²) in [4.78, 5) is 0. The topological polar surface area (TPSA) is 0 Å². The highest BCUT2D eigenvalue weighted by Gasteiger charge is 2.28. The molecule has 2 rings (SSSR count). The van der Waals surface area contributed by atoms with Crippen molar-refractivity contribution >= 4 is 0 Å². The molecule has 0 aromatic heterocycles. The van der Waals surface area contributed by atoms with Crippen molar-refractivity contribution in [1.29, 1.82) is 0 Å². The first-order valence-electron chi connectivity index (χ1n) is 6.63. The molecule has 1 aliphatic carbocycles. The fraction of sp³-hybridized carbons (Fsp3) is 0.600. The Kier molecular flexibility index (Phi) is 3.98. The summed E-state index contributed by atoms with van der Waals surface area (Å²) in [6, 6.07) is 1.57. The van der Waals surface area contributed by atoms with Gasteiger partial charge < -0.3 is 0 Å². The zero-order chi connectivity index (χ0) is 13.3. The molecule has 0 heterocycles. The number of hydrogen-bond acceptors (Lipinski definition) is 0. The number of rotatable bonds is 2. The van der Waals surface area contributed by atoms with Gasteiger partial charge in [0.25, 0.3) is 0 Å². The third-order valence-electron chi connectivity index (χ3n) is 4.17. The molecule has 1 aromatic carbocycles. The lowest BCUT2D eigenvalue weighted by molar-refractivity contribution is 0.253. The molecule has 1 saturated carbocycles. The molecule has 0 spiro atoms. The van der Waals surface area contributed by atoms with Crippen LogP contribution in [0.4, 0.5) is 13.2 Å². The minimum absolute atomic E-state index is 0.0820. The summed E-state index contributed by atoms with van der Waals surface area (Å²) in [7, 11) is 0. The average molecular weight is 256 g/mol. The summed E-state index contributed by atoms with van der Waals surface area (Å²) < 4.78 is 40.2. The highest BCUT2D eigenvalue weighted by molar-refractivity contribution is 5.25. The Balaban J connectivity index is 2.15. The predicted molar refractivity (Wildman–Crippen MR) is 65.9 cm³/mol. The molecule has 0 radical (unpaired) electrons. The van der Waals surface area contributed by atoms with Crippen LogP contribution >= 0.6 is 0 Å². The minimum Gasteiger partial charge on any atom is -0.207 e. The van der Waals surface area contributed by atoms with Gasteiger partial charge in [-0.25, -0.2) is 13.2 Å². The normalized spacial score (nSPS) is 24.6. The van der Waals surface area contributed by atoms with Gasteiger partial charge in [-0.2, -0.15) is 0 Å². The maximum Gasteiger partial charge on any atom is 0.132 e. The Morgan fingerprint density at radius 2 is 1.44 bits per heavy atom. The molecule has 18 heavy (non-hydrogen) atoms. The van der Waals surface area contributed by atoms with Crippen LogP contribution in [0, 0.1) is 29.3 Å². The highest BCUT2D eigenvalue weighted by Crippen LogP contribution is 2.40. The van der Waals surface area contributed by atoms with E-state index in [4.69, 9.17) is 0 Å². The Labute approximate surface area is 106 Å². The van der Waals surface area contributed by atoms with Crippen LogP contribution in [-0.2, 0) is 0 Å². The van der Waals surface area contributed by atoms with E-state index in [1.165, 1.54) is 0 Å². The standard InChI is InChI=1S/C15H19F3/c1-9(2)10-3-5-11(6-4-10)15-13(17)7-12(16)8-14(15)18/h7-11H,3-6H2,1-2H3. The van der Waals surface area contributed by atoms with Gasteiger partial charge in [-0.05, 0) is 43.4 Å². The van der Waals surface area contributed by atoms with E-state index in [2.05, 4.69) is 13.8 Å². The molecule has 0 amide bonds. The fourth-order valence-corrected chi connectivity index (χ4v) is 3.02. The van der Waals surface area contributed by atoms with Crippen LogP contribution in [0.1, 0.15) is 51.0 Å². The van der Waals surface area contributed by atoms with Gasteiger partial charge in [-0.3, -0.25) is 0 Å². The van der Waals surface area contributed by atoms with Gasteiger partial charge in [0, 0.05) is 17.7 Å². The maximum absolute atomic E-state index is 13.7. The van der Waals surface area contributed by atoms with Crippen molar-refractivity contribution in [3.05, 3.63) is 35.1 Å². The second-order valence-corrected chi connectivity index (χ2v) is 5.64. The molecule has 3 heteroatoms. The summed E-state index contributed by atoms with van der Waals surface area (Å²) >= 11 is 0. The Morgan fingerprint density at radius 1 is 0.944 bits per heavy atom. The first-order chi connectivity index (χ1) is 8.49. The lowest BCUT2D eigenvalue weighted by atomic mass is 9.74. The first-order valence-corrected chi connectivity index (χ1v) is 6.63. The van der Waals surface area contributed by atoms with Gasteiger partial charge in [0.2, 0.25) is 0 Å². The van der Waals surface area contributed by atoms with Crippen LogP contribution in [-0.4, -0.2) is 0 Å². The Hall–Kier alpha value is -0.990. The molecule has 100 valence electrons. The number of hydrogen-bond donors (Lipinski definition) is 0. The summed E-state index contributed by atoms with van der Waals surface area (Å²) in [5.74, 6) is -1.15. The number of benzene rings is 1. The van der Waals surface area contributed by atoms with Gasteiger partial charge in [0.05, 0.1) is 0 Å². The van der Waals surface area contributed by atoms with Crippen LogP contribution in [0.3, 0.4) is 0 Å². The molecule has 0 bridgehead atoms. The van der Waals surface area contributed by atoms with E-state index in [1.807, 2.05) is 0 Å².